The Labute approximate surface area is 164 Å². The van der Waals surface area contributed by atoms with Crippen LogP contribution in [0.2, 0.25) is 5.02 Å². The molecule has 0 bridgehead atoms. The van der Waals surface area contributed by atoms with Gasteiger partial charge < -0.3 is 16.4 Å². The van der Waals surface area contributed by atoms with Gasteiger partial charge in [-0.3, -0.25) is 5.10 Å². The smallest absolute Gasteiger partial charge is 0.323 e. The highest BCUT2D eigenvalue weighted by atomic mass is 35.5. The molecule has 0 atom stereocenters. The summed E-state index contributed by atoms with van der Waals surface area (Å²) in [6, 6.07) is 16.3. The van der Waals surface area contributed by atoms with Crippen molar-refractivity contribution in [1.29, 1.82) is 0 Å². The predicted molar refractivity (Wildman–Crippen MR) is 110 cm³/mol. The first-order valence-corrected chi connectivity index (χ1v) is 8.75. The minimum Gasteiger partial charge on any atom is -0.382 e. The molecule has 0 unspecified atom stereocenters. The van der Waals surface area contributed by atoms with Crippen LogP contribution in [0.25, 0.3) is 22.0 Å². The third-order valence-electron chi connectivity index (χ3n) is 4.25. The fourth-order valence-corrected chi connectivity index (χ4v) is 3.12. The Hall–Kier alpha value is -3.58. The van der Waals surface area contributed by atoms with Crippen LogP contribution < -0.4 is 16.4 Å². The number of anilines is 3. The molecule has 4 rings (SSSR count). The van der Waals surface area contributed by atoms with Gasteiger partial charge in [0.15, 0.2) is 5.82 Å². The number of urea groups is 1. The first-order valence-electron chi connectivity index (χ1n) is 8.37. The molecule has 4 aromatic rings. The largest absolute Gasteiger partial charge is 0.382 e. The zero-order valence-corrected chi connectivity index (χ0v) is 15.2. The van der Waals surface area contributed by atoms with E-state index in [0.29, 0.717) is 16.5 Å². The zero-order chi connectivity index (χ0) is 19.7. The SMILES string of the molecule is Nc1n[nH]c2cccc(-c3ccc(NC(=O)Nc4cc(Cl)ccc4F)cc3)c12. The number of aromatic nitrogens is 2. The molecule has 0 saturated heterocycles. The summed E-state index contributed by atoms with van der Waals surface area (Å²) in [4.78, 5) is 12.1. The number of H-pyrrole nitrogens is 1. The normalized spacial score (nSPS) is 10.8. The van der Waals surface area contributed by atoms with Crippen molar-refractivity contribution < 1.29 is 9.18 Å². The lowest BCUT2D eigenvalue weighted by molar-refractivity contribution is 0.262. The first kappa shape index (κ1) is 17.8. The summed E-state index contributed by atoms with van der Waals surface area (Å²) < 4.78 is 13.7. The van der Waals surface area contributed by atoms with Gasteiger partial charge in [-0.25, -0.2) is 9.18 Å². The Bertz CT molecular complexity index is 1170. The summed E-state index contributed by atoms with van der Waals surface area (Å²) in [5.74, 6) is -0.142. The van der Waals surface area contributed by atoms with E-state index in [-0.39, 0.29) is 5.69 Å². The number of nitrogens with zero attached hydrogens (tertiary/aromatic N) is 1. The molecule has 0 spiro atoms. The molecule has 2 amide bonds. The van der Waals surface area contributed by atoms with Crippen LogP contribution in [0.15, 0.2) is 60.7 Å². The average molecular weight is 396 g/mol. The van der Waals surface area contributed by atoms with Crippen LogP contribution in [-0.4, -0.2) is 16.2 Å². The number of hydrogen-bond donors (Lipinski definition) is 4. The quantitative estimate of drug-likeness (QED) is 0.381. The molecule has 140 valence electrons. The Balaban J connectivity index is 1.52. The number of fused-ring (bicyclic) bond motifs is 1. The van der Waals surface area contributed by atoms with Gasteiger partial charge in [-0.1, -0.05) is 35.9 Å². The second-order valence-corrected chi connectivity index (χ2v) is 6.55. The van der Waals surface area contributed by atoms with E-state index in [4.69, 9.17) is 17.3 Å². The highest BCUT2D eigenvalue weighted by Gasteiger charge is 2.11. The van der Waals surface area contributed by atoms with E-state index in [9.17, 15) is 9.18 Å². The van der Waals surface area contributed by atoms with E-state index in [2.05, 4.69) is 20.8 Å². The number of nitrogens with two attached hydrogens (primary N) is 1. The maximum absolute atomic E-state index is 13.7. The van der Waals surface area contributed by atoms with Gasteiger partial charge in [-0.2, -0.15) is 5.10 Å². The molecule has 0 fully saturated rings. The van der Waals surface area contributed by atoms with E-state index >= 15 is 0 Å². The van der Waals surface area contributed by atoms with E-state index in [1.807, 2.05) is 30.3 Å². The Morgan fingerprint density at radius 2 is 1.86 bits per heavy atom. The molecule has 0 radical (unpaired) electrons. The summed E-state index contributed by atoms with van der Waals surface area (Å²) in [6.45, 7) is 0. The summed E-state index contributed by atoms with van der Waals surface area (Å²) in [7, 11) is 0. The van der Waals surface area contributed by atoms with Gasteiger partial charge in [-0.05, 0) is 47.5 Å². The number of amides is 2. The van der Waals surface area contributed by atoms with Gasteiger partial charge in [0, 0.05) is 10.7 Å². The van der Waals surface area contributed by atoms with Gasteiger partial charge in [0.05, 0.1) is 16.6 Å². The highest BCUT2D eigenvalue weighted by molar-refractivity contribution is 6.31. The first-order chi connectivity index (χ1) is 13.5. The van der Waals surface area contributed by atoms with Crippen LogP contribution in [0.5, 0.6) is 0 Å². The van der Waals surface area contributed by atoms with Gasteiger partial charge in [0.1, 0.15) is 5.82 Å². The summed E-state index contributed by atoms with van der Waals surface area (Å²) in [5, 5.41) is 13.2. The van der Waals surface area contributed by atoms with E-state index in [1.54, 1.807) is 12.1 Å². The van der Waals surface area contributed by atoms with Gasteiger partial charge in [0.2, 0.25) is 0 Å². The molecule has 1 aromatic heterocycles. The number of rotatable bonds is 3. The van der Waals surface area contributed by atoms with Crippen molar-refractivity contribution in [3.8, 4) is 11.1 Å². The van der Waals surface area contributed by atoms with E-state index in [1.165, 1.54) is 18.2 Å². The maximum atomic E-state index is 13.7. The van der Waals surface area contributed by atoms with Crippen LogP contribution in [0.3, 0.4) is 0 Å². The molecule has 5 N–H and O–H groups in total. The summed E-state index contributed by atoms with van der Waals surface area (Å²) >= 11 is 5.83. The number of carbonyl (C=O) groups excluding carboxylic acids is 1. The molecule has 3 aromatic carbocycles. The number of halogens is 2. The van der Waals surface area contributed by atoms with Crippen LogP contribution >= 0.6 is 11.6 Å². The van der Waals surface area contributed by atoms with Crippen molar-refractivity contribution in [2.45, 2.75) is 0 Å². The third kappa shape index (κ3) is 3.47. The standard InChI is InChI=1S/C20H15ClFN5O/c21-12-6-9-15(22)17(10-12)25-20(28)24-13-7-4-11(5-8-13)14-2-1-3-16-18(14)19(23)27-26-16/h1-10H,(H3,23,26,27)(H2,24,25,28). The lowest BCUT2D eigenvalue weighted by Crippen LogP contribution is -2.20. The Kier molecular flexibility index (Phi) is 4.58. The topological polar surface area (TPSA) is 95.8 Å². The molecule has 1 heterocycles. The average Bonchev–Trinajstić information content (AvgIpc) is 3.07. The molecule has 0 aliphatic carbocycles. The minimum absolute atomic E-state index is 0.00345. The number of benzene rings is 3. The molecule has 0 aliphatic rings. The molecule has 6 nitrogen and oxygen atoms in total. The summed E-state index contributed by atoms with van der Waals surface area (Å²) in [5.41, 5.74) is 9.21. The molecule has 0 saturated carbocycles. The van der Waals surface area contributed by atoms with Crippen LogP contribution in [-0.2, 0) is 0 Å². The summed E-state index contributed by atoms with van der Waals surface area (Å²) in [6.07, 6.45) is 0. The van der Waals surface area contributed by atoms with Gasteiger partial charge in [0.25, 0.3) is 0 Å². The number of aromatic amines is 1. The molecule has 0 aliphatic heterocycles. The molecular weight excluding hydrogens is 381 g/mol. The van der Waals surface area contributed by atoms with Crippen molar-refractivity contribution >= 4 is 45.7 Å². The van der Waals surface area contributed by atoms with Crippen molar-refractivity contribution in [2.24, 2.45) is 0 Å². The lowest BCUT2D eigenvalue weighted by Gasteiger charge is -2.10. The Morgan fingerprint density at radius 1 is 1.07 bits per heavy atom. The van der Waals surface area contributed by atoms with Crippen LogP contribution in [0.1, 0.15) is 0 Å². The lowest BCUT2D eigenvalue weighted by atomic mass is 10.0. The van der Waals surface area contributed by atoms with Crippen LogP contribution in [0.4, 0.5) is 26.4 Å². The minimum atomic E-state index is -0.574. The molecule has 8 heteroatoms. The second kappa shape index (κ2) is 7.21. The van der Waals surface area contributed by atoms with E-state index < -0.39 is 11.8 Å². The second-order valence-electron chi connectivity index (χ2n) is 6.12. The number of nitrogens with one attached hydrogen (secondary N) is 3. The van der Waals surface area contributed by atoms with Crippen molar-refractivity contribution in [3.05, 3.63) is 71.5 Å². The van der Waals surface area contributed by atoms with Crippen LogP contribution in [0, 0.1) is 5.82 Å². The van der Waals surface area contributed by atoms with Crippen molar-refractivity contribution in [2.75, 3.05) is 16.4 Å². The van der Waals surface area contributed by atoms with Crippen molar-refractivity contribution in [1.82, 2.24) is 10.2 Å². The third-order valence-corrected chi connectivity index (χ3v) is 4.48. The number of carbonyl (C=O) groups is 1. The number of hydrogen-bond acceptors (Lipinski definition) is 3. The monoisotopic (exact) mass is 395 g/mol. The van der Waals surface area contributed by atoms with Crippen molar-refractivity contribution in [3.63, 3.8) is 0 Å². The zero-order valence-electron chi connectivity index (χ0n) is 14.5. The maximum Gasteiger partial charge on any atom is 0.323 e. The molecule has 28 heavy (non-hydrogen) atoms. The van der Waals surface area contributed by atoms with Gasteiger partial charge in [-0.15, -0.1) is 0 Å². The fourth-order valence-electron chi connectivity index (χ4n) is 2.95. The fraction of sp³-hybridized carbons (Fsp3) is 0. The van der Waals surface area contributed by atoms with E-state index in [0.717, 1.165) is 22.0 Å². The highest BCUT2D eigenvalue weighted by Crippen LogP contribution is 2.31. The van der Waals surface area contributed by atoms with Gasteiger partial charge >= 0.3 is 6.03 Å². The predicted octanol–water partition coefficient (Wildman–Crippen LogP) is 5.25. The number of nitrogen functional groups attached to an aromatic ring is 1. The molecular formula is C20H15ClFN5O. The Morgan fingerprint density at radius 3 is 2.64 bits per heavy atom.